The molecule has 0 aromatic carbocycles. The Morgan fingerprint density at radius 3 is 3.00 bits per heavy atom. The molecule has 1 aromatic heterocycles. The van der Waals surface area contributed by atoms with Crippen molar-refractivity contribution in [3.05, 3.63) is 35.7 Å². The van der Waals surface area contributed by atoms with Gasteiger partial charge in [-0.3, -0.25) is 9.78 Å². The number of amides is 1. The summed E-state index contributed by atoms with van der Waals surface area (Å²) in [7, 11) is 0. The van der Waals surface area contributed by atoms with Crippen molar-refractivity contribution in [3.63, 3.8) is 0 Å². The summed E-state index contributed by atoms with van der Waals surface area (Å²) in [6.45, 7) is 3.63. The van der Waals surface area contributed by atoms with Gasteiger partial charge in [0.15, 0.2) is 0 Å². The molecule has 0 saturated carbocycles. The van der Waals surface area contributed by atoms with Crippen molar-refractivity contribution >= 4 is 11.6 Å². The molecule has 1 aliphatic carbocycles. The van der Waals surface area contributed by atoms with Crippen LogP contribution in [-0.4, -0.2) is 24.0 Å². The Bertz CT molecular complexity index is 497. The van der Waals surface area contributed by atoms with E-state index in [2.05, 4.69) is 21.7 Å². The van der Waals surface area contributed by atoms with Gasteiger partial charge >= 0.3 is 0 Å². The van der Waals surface area contributed by atoms with Crippen LogP contribution in [-0.2, 0) is 0 Å². The second kappa shape index (κ2) is 8.45. The van der Waals surface area contributed by atoms with Crippen molar-refractivity contribution in [2.24, 2.45) is 0 Å². The number of carbonyl (C=O) groups is 1. The predicted molar refractivity (Wildman–Crippen MR) is 86.5 cm³/mol. The highest BCUT2D eigenvalue weighted by atomic mass is 16.1. The lowest BCUT2D eigenvalue weighted by Crippen LogP contribution is -2.25. The molecule has 0 aliphatic heterocycles. The van der Waals surface area contributed by atoms with E-state index >= 15 is 0 Å². The number of nitrogens with one attached hydrogen (secondary N) is 2. The van der Waals surface area contributed by atoms with Crippen molar-refractivity contribution in [3.8, 4) is 0 Å². The first-order valence-electron chi connectivity index (χ1n) is 7.95. The number of hydrogen-bond acceptors (Lipinski definition) is 3. The van der Waals surface area contributed by atoms with Crippen molar-refractivity contribution in [2.75, 3.05) is 18.4 Å². The first-order chi connectivity index (χ1) is 10.3. The zero-order valence-corrected chi connectivity index (χ0v) is 12.8. The molecule has 4 nitrogen and oxygen atoms in total. The smallest absolute Gasteiger partial charge is 0.269 e. The topological polar surface area (TPSA) is 54.0 Å². The maximum atomic E-state index is 11.9. The van der Waals surface area contributed by atoms with Crippen LogP contribution < -0.4 is 10.6 Å². The molecule has 0 unspecified atom stereocenters. The Kier molecular flexibility index (Phi) is 6.25. The highest BCUT2D eigenvalue weighted by Gasteiger charge is 2.07. The van der Waals surface area contributed by atoms with Crippen LogP contribution in [0.3, 0.4) is 0 Å². The predicted octanol–water partition coefficient (Wildman–Crippen LogP) is 3.52. The minimum atomic E-state index is -0.101. The molecule has 1 amide bonds. The fraction of sp³-hybridized carbons (Fsp3) is 0.529. The van der Waals surface area contributed by atoms with Gasteiger partial charge in [0.05, 0.1) is 0 Å². The van der Waals surface area contributed by atoms with Crippen molar-refractivity contribution in [2.45, 2.75) is 45.4 Å². The lowest BCUT2D eigenvalue weighted by Gasteiger charge is -2.13. The van der Waals surface area contributed by atoms with Crippen LogP contribution in [0.5, 0.6) is 0 Å². The van der Waals surface area contributed by atoms with Crippen LogP contribution in [0, 0.1) is 0 Å². The summed E-state index contributed by atoms with van der Waals surface area (Å²) < 4.78 is 0. The normalized spacial score (nSPS) is 14.4. The second-order valence-electron chi connectivity index (χ2n) is 5.47. The number of allylic oxidation sites excluding steroid dienone is 1. The van der Waals surface area contributed by atoms with E-state index in [1.165, 1.54) is 25.7 Å². The summed E-state index contributed by atoms with van der Waals surface area (Å²) in [6, 6.07) is 3.73. The van der Waals surface area contributed by atoms with Gasteiger partial charge in [-0.25, -0.2) is 0 Å². The summed E-state index contributed by atoms with van der Waals surface area (Å²) in [5.74, 6) is -0.101. The van der Waals surface area contributed by atoms with Gasteiger partial charge in [0.2, 0.25) is 0 Å². The first-order valence-corrected chi connectivity index (χ1v) is 7.95. The fourth-order valence-corrected chi connectivity index (χ4v) is 2.49. The lowest BCUT2D eigenvalue weighted by atomic mass is 9.97. The lowest BCUT2D eigenvalue weighted by molar-refractivity contribution is 0.0949. The monoisotopic (exact) mass is 287 g/mol. The van der Waals surface area contributed by atoms with Gasteiger partial charge in [-0.2, -0.15) is 0 Å². The molecule has 2 rings (SSSR count). The Hall–Kier alpha value is -1.84. The maximum Gasteiger partial charge on any atom is 0.269 e. The van der Waals surface area contributed by atoms with Crippen molar-refractivity contribution in [1.82, 2.24) is 10.3 Å². The van der Waals surface area contributed by atoms with Crippen LogP contribution >= 0.6 is 0 Å². The number of anilines is 1. The van der Waals surface area contributed by atoms with Gasteiger partial charge < -0.3 is 10.6 Å². The SMILES string of the molecule is CCCNC(=O)c1cc(NCCC2=CCCCC2)ccn1. The fourth-order valence-electron chi connectivity index (χ4n) is 2.49. The molecule has 4 heteroatoms. The molecule has 1 aromatic rings. The number of carbonyl (C=O) groups excluding carboxylic acids is 1. The van der Waals surface area contributed by atoms with E-state index in [-0.39, 0.29) is 5.91 Å². The summed E-state index contributed by atoms with van der Waals surface area (Å²) in [4.78, 5) is 16.0. The average Bonchev–Trinajstić information content (AvgIpc) is 2.54. The molecule has 0 saturated heterocycles. The van der Waals surface area contributed by atoms with E-state index in [9.17, 15) is 4.79 Å². The molecule has 21 heavy (non-hydrogen) atoms. The van der Waals surface area contributed by atoms with E-state index < -0.39 is 0 Å². The average molecular weight is 287 g/mol. The summed E-state index contributed by atoms with van der Waals surface area (Å²) in [5.41, 5.74) is 3.00. The van der Waals surface area contributed by atoms with Gasteiger partial charge in [0, 0.05) is 25.0 Å². The quantitative estimate of drug-likeness (QED) is 0.754. The third kappa shape index (κ3) is 5.21. The zero-order valence-electron chi connectivity index (χ0n) is 12.8. The van der Waals surface area contributed by atoms with Gasteiger partial charge in [0.1, 0.15) is 5.69 Å². The first kappa shape index (κ1) is 15.5. The minimum absolute atomic E-state index is 0.101. The Balaban J connectivity index is 1.83. The van der Waals surface area contributed by atoms with Crippen LogP contribution in [0.25, 0.3) is 0 Å². The molecule has 0 fully saturated rings. The highest BCUT2D eigenvalue weighted by molar-refractivity contribution is 5.93. The van der Waals surface area contributed by atoms with E-state index in [0.29, 0.717) is 12.2 Å². The third-order valence-corrected chi connectivity index (χ3v) is 3.69. The summed E-state index contributed by atoms with van der Waals surface area (Å²) in [5, 5.41) is 6.23. The van der Waals surface area contributed by atoms with Crippen molar-refractivity contribution < 1.29 is 4.79 Å². The molecule has 1 heterocycles. The highest BCUT2D eigenvalue weighted by Crippen LogP contribution is 2.20. The number of nitrogens with zero attached hydrogens (tertiary/aromatic N) is 1. The van der Waals surface area contributed by atoms with E-state index in [1.54, 1.807) is 11.8 Å². The van der Waals surface area contributed by atoms with Crippen molar-refractivity contribution in [1.29, 1.82) is 0 Å². The zero-order chi connectivity index (χ0) is 14.9. The van der Waals surface area contributed by atoms with Gasteiger partial charge in [-0.1, -0.05) is 18.6 Å². The van der Waals surface area contributed by atoms with Crippen LogP contribution in [0.15, 0.2) is 30.0 Å². The summed E-state index contributed by atoms with van der Waals surface area (Å²) in [6.07, 6.45) is 11.2. The molecule has 1 aliphatic rings. The Morgan fingerprint density at radius 1 is 1.33 bits per heavy atom. The number of aromatic nitrogens is 1. The Labute approximate surface area is 127 Å². The van der Waals surface area contributed by atoms with Crippen LogP contribution in [0.2, 0.25) is 0 Å². The second-order valence-corrected chi connectivity index (χ2v) is 5.47. The van der Waals surface area contributed by atoms with Gasteiger partial charge in [0.25, 0.3) is 5.91 Å². The van der Waals surface area contributed by atoms with Gasteiger partial charge in [-0.05, 0) is 50.7 Å². The number of rotatable bonds is 7. The minimum Gasteiger partial charge on any atom is -0.385 e. The molecular formula is C17H25N3O. The molecule has 114 valence electrons. The van der Waals surface area contributed by atoms with E-state index in [1.807, 2.05) is 19.1 Å². The van der Waals surface area contributed by atoms with Crippen LogP contribution in [0.1, 0.15) is 55.9 Å². The maximum absolute atomic E-state index is 11.9. The van der Waals surface area contributed by atoms with Crippen LogP contribution in [0.4, 0.5) is 5.69 Å². The molecular weight excluding hydrogens is 262 g/mol. The largest absolute Gasteiger partial charge is 0.385 e. The standard InChI is InChI=1S/C17H25N3O/c1-2-10-20-17(21)16-13-15(9-12-19-16)18-11-8-14-6-4-3-5-7-14/h6,9,12-13H,2-5,7-8,10-11H2,1H3,(H,18,19)(H,20,21). The molecule has 0 radical (unpaired) electrons. The van der Waals surface area contributed by atoms with E-state index in [0.717, 1.165) is 25.1 Å². The molecule has 0 atom stereocenters. The molecule has 0 bridgehead atoms. The number of hydrogen-bond donors (Lipinski definition) is 2. The number of pyridine rings is 1. The summed E-state index contributed by atoms with van der Waals surface area (Å²) >= 11 is 0. The van der Waals surface area contributed by atoms with E-state index in [4.69, 9.17) is 0 Å². The molecule has 0 spiro atoms. The molecule has 2 N–H and O–H groups in total. The van der Waals surface area contributed by atoms with Gasteiger partial charge in [-0.15, -0.1) is 0 Å². The third-order valence-electron chi connectivity index (χ3n) is 3.69. The Morgan fingerprint density at radius 2 is 2.24 bits per heavy atom.